The number of hydrogen-bond acceptors (Lipinski definition) is 3. The van der Waals surface area contributed by atoms with E-state index < -0.39 is 17.8 Å². The summed E-state index contributed by atoms with van der Waals surface area (Å²) in [7, 11) is 12.0. The van der Waals surface area contributed by atoms with Crippen LogP contribution in [-0.2, 0) is 14.2 Å². The Labute approximate surface area is 110 Å². The summed E-state index contributed by atoms with van der Waals surface area (Å²) in [5.41, 5.74) is 0. The summed E-state index contributed by atoms with van der Waals surface area (Å²) < 4.78 is 46.2. The van der Waals surface area contributed by atoms with Crippen LogP contribution >= 0.6 is 0 Å². The number of likely N-dealkylation sites (N-methyl/N-ethyl adjacent to an activating group) is 1. The van der Waals surface area contributed by atoms with Crippen molar-refractivity contribution in [3.8, 4) is 0 Å². The molecule has 8 heteroatoms. The number of nitrogens with zero attached hydrogens (tertiary/aromatic N) is 1. The first-order valence-electron chi connectivity index (χ1n) is 5.31. The number of ether oxygens (including phenoxy) is 3. The number of quaternary nitrogens is 1. The number of methoxy groups -OCH3 is 3. The molecular weight excluding hydrogens is 267 g/mol. The molecule has 0 fully saturated rings. The van der Waals surface area contributed by atoms with Gasteiger partial charge in [-0.1, -0.05) is 0 Å². The van der Waals surface area contributed by atoms with E-state index in [1.807, 2.05) is 6.92 Å². The average molecular weight is 292 g/mol. The van der Waals surface area contributed by atoms with Crippen LogP contribution in [0.25, 0.3) is 0 Å². The highest BCUT2D eigenvalue weighted by Crippen LogP contribution is 2.32. The molecule has 18 heavy (non-hydrogen) atoms. The van der Waals surface area contributed by atoms with Gasteiger partial charge in [0, 0.05) is 21.3 Å². The predicted octanol–water partition coefficient (Wildman–Crippen LogP) is 0.546. The Balaban J connectivity index is 0. The van der Waals surface area contributed by atoms with E-state index in [1.165, 1.54) is 0 Å². The molecule has 0 N–H and O–H groups in total. The third-order valence-electron chi connectivity index (χ3n) is 3.30. The highest BCUT2D eigenvalue weighted by molar-refractivity contribution is 6.14. The van der Waals surface area contributed by atoms with Crippen molar-refractivity contribution in [2.45, 2.75) is 24.7 Å². The predicted molar refractivity (Wildman–Crippen MR) is 67.2 cm³/mol. The van der Waals surface area contributed by atoms with Gasteiger partial charge in [-0.2, -0.15) is 13.2 Å². The fourth-order valence-corrected chi connectivity index (χ4v) is 1.94. The van der Waals surface area contributed by atoms with Gasteiger partial charge < -0.3 is 18.7 Å². The fourth-order valence-electron chi connectivity index (χ4n) is 1.53. The molecule has 0 radical (unpaired) electrons. The van der Waals surface area contributed by atoms with Gasteiger partial charge in [0.2, 0.25) is 11.1 Å². The highest BCUT2D eigenvalue weighted by Gasteiger charge is 2.55. The van der Waals surface area contributed by atoms with Crippen LogP contribution in [0.4, 0.5) is 13.2 Å². The highest BCUT2D eigenvalue weighted by atomic mass is 28.1. The van der Waals surface area contributed by atoms with Crippen LogP contribution in [0.15, 0.2) is 0 Å². The lowest BCUT2D eigenvalue weighted by atomic mass is 10.2. The van der Waals surface area contributed by atoms with Crippen LogP contribution < -0.4 is 0 Å². The molecule has 0 heterocycles. The molecule has 0 spiro atoms. The molecular formula is C10H25F3NO3Si+. The van der Waals surface area contributed by atoms with E-state index in [1.54, 1.807) is 21.3 Å². The molecule has 0 bridgehead atoms. The molecule has 0 aromatic heterocycles. The van der Waals surface area contributed by atoms with E-state index in [-0.39, 0.29) is 0 Å². The van der Waals surface area contributed by atoms with Crippen molar-refractivity contribution >= 4 is 10.2 Å². The Morgan fingerprint density at radius 1 is 0.944 bits per heavy atom. The number of hydrogen-bond donors (Lipinski definition) is 0. The van der Waals surface area contributed by atoms with Crippen LogP contribution in [0.2, 0.25) is 0 Å². The van der Waals surface area contributed by atoms with E-state index in [4.69, 9.17) is 14.2 Å². The minimum absolute atomic E-state index is 0.434. The van der Waals surface area contributed by atoms with Crippen molar-refractivity contribution in [3.05, 3.63) is 0 Å². The van der Waals surface area contributed by atoms with Gasteiger partial charge >= 0.3 is 6.68 Å². The SMILES string of the molecule is COC(C)(OC)C([SiH3])(OC)[N+](C)(C)C.FC(F)F. The summed E-state index contributed by atoms with van der Waals surface area (Å²) in [6.07, 6.45) is 0. The van der Waals surface area contributed by atoms with Crippen LogP contribution in [-0.4, -0.2) is 75.0 Å². The Kier molecular flexibility index (Phi) is 8.34. The topological polar surface area (TPSA) is 27.7 Å². The maximum atomic E-state index is 9.67. The van der Waals surface area contributed by atoms with Crippen molar-refractivity contribution in [1.82, 2.24) is 0 Å². The largest absolute Gasteiger partial charge is 0.379 e. The molecule has 4 nitrogen and oxygen atoms in total. The van der Waals surface area contributed by atoms with Gasteiger partial charge in [-0.05, 0) is 6.92 Å². The number of halogens is 3. The van der Waals surface area contributed by atoms with E-state index >= 15 is 0 Å². The van der Waals surface area contributed by atoms with E-state index in [0.717, 1.165) is 10.2 Å². The summed E-state index contributed by atoms with van der Waals surface area (Å²) in [6, 6.07) is 0. The first kappa shape index (κ1) is 20.2. The average Bonchev–Trinajstić information content (AvgIpc) is 2.24. The van der Waals surface area contributed by atoms with Crippen molar-refractivity contribution in [2.75, 3.05) is 42.5 Å². The second-order valence-corrected chi connectivity index (χ2v) is 6.16. The summed E-state index contributed by atoms with van der Waals surface area (Å²) >= 11 is 0. The molecule has 0 saturated heterocycles. The molecule has 0 aromatic carbocycles. The lowest BCUT2D eigenvalue weighted by Crippen LogP contribution is -2.71. The van der Waals surface area contributed by atoms with Gasteiger partial charge in [-0.15, -0.1) is 0 Å². The molecule has 1 unspecified atom stereocenters. The molecule has 0 amide bonds. The minimum Gasteiger partial charge on any atom is -0.347 e. The lowest BCUT2D eigenvalue weighted by molar-refractivity contribution is -0.946. The standard InChI is InChI=1S/C9H24NO3Si.CHF3/c1-8(11-5,12-6)9(14,13-7)10(2,3)4;2-1(3)4/h1-7,14H3;1H/q+1;. The molecule has 0 aliphatic rings. The van der Waals surface area contributed by atoms with Gasteiger partial charge in [0.25, 0.3) is 0 Å². The van der Waals surface area contributed by atoms with Gasteiger partial charge in [0.15, 0.2) is 0 Å². The Morgan fingerprint density at radius 3 is 1.28 bits per heavy atom. The molecule has 0 rings (SSSR count). The van der Waals surface area contributed by atoms with Crippen molar-refractivity contribution in [2.24, 2.45) is 0 Å². The monoisotopic (exact) mass is 292 g/mol. The third-order valence-corrected chi connectivity index (χ3v) is 5.96. The molecule has 112 valence electrons. The van der Waals surface area contributed by atoms with Gasteiger partial charge in [-0.3, -0.25) is 0 Å². The van der Waals surface area contributed by atoms with Crippen molar-refractivity contribution in [3.63, 3.8) is 0 Å². The summed E-state index contributed by atoms with van der Waals surface area (Å²) in [6.45, 7) is -1.76. The number of alkyl halides is 3. The molecule has 1 atom stereocenters. The zero-order valence-corrected chi connectivity index (χ0v) is 14.4. The Bertz CT molecular complexity index is 232. The zero-order chi connectivity index (χ0) is 15.2. The second-order valence-electron chi connectivity index (χ2n) is 4.80. The second kappa shape index (κ2) is 7.44. The molecule has 0 aromatic rings. The van der Waals surface area contributed by atoms with Crippen molar-refractivity contribution in [1.29, 1.82) is 0 Å². The van der Waals surface area contributed by atoms with E-state index in [9.17, 15) is 13.2 Å². The quantitative estimate of drug-likeness (QED) is 0.421. The molecule has 0 aliphatic carbocycles. The van der Waals surface area contributed by atoms with Crippen LogP contribution in [0.3, 0.4) is 0 Å². The van der Waals surface area contributed by atoms with Gasteiger partial charge in [0.05, 0.1) is 21.1 Å². The van der Waals surface area contributed by atoms with Crippen LogP contribution in [0, 0.1) is 0 Å². The summed E-state index contributed by atoms with van der Waals surface area (Å²) in [4.78, 5) is 0. The lowest BCUT2D eigenvalue weighted by Gasteiger charge is -2.50. The third kappa shape index (κ3) is 4.85. The summed E-state index contributed by atoms with van der Waals surface area (Å²) in [5, 5.41) is -0.434. The van der Waals surface area contributed by atoms with Crippen LogP contribution in [0.1, 0.15) is 6.92 Å². The Hall–Kier alpha value is -0.153. The molecule has 0 aliphatic heterocycles. The number of rotatable bonds is 5. The minimum atomic E-state index is -3.67. The van der Waals surface area contributed by atoms with E-state index in [2.05, 4.69) is 21.1 Å². The maximum Gasteiger partial charge on any atom is 0.379 e. The van der Waals surface area contributed by atoms with E-state index in [0.29, 0.717) is 4.48 Å². The normalized spacial score (nSPS) is 16.2. The first-order valence-corrected chi connectivity index (χ1v) is 6.31. The Morgan fingerprint density at radius 2 is 1.22 bits per heavy atom. The maximum absolute atomic E-state index is 9.67. The smallest absolute Gasteiger partial charge is 0.347 e. The van der Waals surface area contributed by atoms with Crippen molar-refractivity contribution < 1.29 is 31.9 Å². The first-order chi connectivity index (χ1) is 7.91. The van der Waals surface area contributed by atoms with Gasteiger partial charge in [-0.25, -0.2) is 0 Å². The summed E-state index contributed by atoms with van der Waals surface area (Å²) in [5.74, 6) is -0.716. The van der Waals surface area contributed by atoms with Crippen LogP contribution in [0.5, 0.6) is 0 Å². The zero-order valence-electron chi connectivity index (χ0n) is 12.4. The molecule has 0 saturated carbocycles. The van der Waals surface area contributed by atoms with Gasteiger partial charge in [0.1, 0.15) is 10.2 Å². The fraction of sp³-hybridized carbons (Fsp3) is 1.00.